The molecular weight excluding hydrogens is 552 g/mol. The van der Waals surface area contributed by atoms with E-state index in [-0.39, 0.29) is 46.0 Å². The number of β-lactam (4-membered cyclic amide) rings is 1. The van der Waals surface area contributed by atoms with E-state index in [1.807, 2.05) is 0 Å². The Hall–Kier alpha value is -3.35. The first-order valence-electron chi connectivity index (χ1n) is 8.88. The van der Waals surface area contributed by atoms with Gasteiger partial charge in [0.2, 0.25) is 11.3 Å². The van der Waals surface area contributed by atoms with Gasteiger partial charge in [-0.1, -0.05) is 28.1 Å². The van der Waals surface area contributed by atoms with Crippen molar-refractivity contribution in [3.8, 4) is 5.75 Å². The SMILES string of the molecule is CC1(C)NC(=O)[C@H]1NC(=O)/C(=N\OCc1cc(=O)c(O)cn1O)c1nc(N)sc1Cl.O=S(=O)=O.S. The smallest absolute Gasteiger partial charge is 0.425 e. The highest BCUT2D eigenvalue weighted by Crippen LogP contribution is 2.27. The Bertz CT molecular complexity index is 1320. The van der Waals surface area contributed by atoms with Crippen LogP contribution in [0.25, 0.3) is 0 Å². The minimum atomic E-state index is -3.11. The Morgan fingerprint density at radius 1 is 1.43 bits per heavy atom. The zero-order valence-electron chi connectivity index (χ0n) is 17.8. The summed E-state index contributed by atoms with van der Waals surface area (Å²) in [6.45, 7) is 3.02. The van der Waals surface area contributed by atoms with E-state index in [0.717, 1.165) is 23.6 Å². The molecule has 0 aliphatic carbocycles. The van der Waals surface area contributed by atoms with Crippen LogP contribution in [0.3, 0.4) is 0 Å². The van der Waals surface area contributed by atoms with Crippen LogP contribution < -0.4 is 21.8 Å². The van der Waals surface area contributed by atoms with Gasteiger partial charge in [-0.25, -0.2) is 4.98 Å². The Morgan fingerprint density at radius 2 is 2.03 bits per heavy atom. The minimum Gasteiger partial charge on any atom is -0.503 e. The molecule has 0 radical (unpaired) electrons. The number of aromatic nitrogens is 2. The van der Waals surface area contributed by atoms with Crippen LogP contribution in [0.15, 0.2) is 22.2 Å². The molecule has 1 aliphatic rings. The third kappa shape index (κ3) is 7.57. The molecule has 2 amide bonds. The van der Waals surface area contributed by atoms with Gasteiger partial charge >= 0.3 is 10.6 Å². The first-order valence-corrected chi connectivity index (χ1v) is 11.1. The van der Waals surface area contributed by atoms with Crippen molar-refractivity contribution in [3.05, 3.63) is 38.2 Å². The number of anilines is 1. The van der Waals surface area contributed by atoms with Gasteiger partial charge in [0.1, 0.15) is 21.8 Å². The topological polar surface area (TPSA) is 232 Å². The second-order valence-corrected chi connectivity index (χ2v) is 9.11. The molecule has 3 rings (SSSR count). The number of amides is 2. The van der Waals surface area contributed by atoms with E-state index in [1.54, 1.807) is 13.8 Å². The Morgan fingerprint density at radius 3 is 2.51 bits per heavy atom. The van der Waals surface area contributed by atoms with Crippen molar-refractivity contribution >= 4 is 69.7 Å². The van der Waals surface area contributed by atoms with E-state index in [4.69, 9.17) is 34.8 Å². The highest BCUT2D eigenvalue weighted by molar-refractivity contribution is 7.59. The van der Waals surface area contributed by atoms with E-state index in [0.29, 0.717) is 4.73 Å². The van der Waals surface area contributed by atoms with Gasteiger partial charge in [0.15, 0.2) is 23.2 Å². The average Bonchev–Trinajstić information content (AvgIpc) is 3.04. The van der Waals surface area contributed by atoms with E-state index in [9.17, 15) is 24.7 Å². The Labute approximate surface area is 214 Å². The molecule has 0 unspecified atom stereocenters. The molecule has 1 atom stereocenters. The van der Waals surface area contributed by atoms with Crippen LogP contribution in [0, 0.1) is 0 Å². The number of rotatable bonds is 6. The minimum absolute atomic E-state index is 0. The first kappa shape index (κ1) is 29.7. The maximum atomic E-state index is 12.8. The molecule has 192 valence electrons. The fourth-order valence-electron chi connectivity index (χ4n) is 2.64. The van der Waals surface area contributed by atoms with Gasteiger partial charge in [-0.05, 0) is 13.8 Å². The molecule has 0 saturated carbocycles. The largest absolute Gasteiger partial charge is 0.503 e. The molecule has 1 aliphatic heterocycles. The molecule has 2 aromatic heterocycles. The second-order valence-electron chi connectivity index (χ2n) is 7.07. The number of nitrogens with two attached hydrogens (primary N) is 1. The average molecular weight is 571 g/mol. The van der Waals surface area contributed by atoms with Crippen molar-refractivity contribution in [2.75, 3.05) is 5.73 Å². The molecule has 0 bridgehead atoms. The number of pyridine rings is 1. The summed E-state index contributed by atoms with van der Waals surface area (Å²) in [5.74, 6) is -1.82. The molecule has 35 heavy (non-hydrogen) atoms. The monoisotopic (exact) mass is 570 g/mol. The molecule has 3 heterocycles. The summed E-state index contributed by atoms with van der Waals surface area (Å²) < 4.78 is 25.9. The number of halogens is 1. The number of carbonyl (C=O) groups excluding carboxylic acids is 2. The summed E-state index contributed by atoms with van der Waals surface area (Å²) in [5, 5.41) is 28.0. The van der Waals surface area contributed by atoms with Crippen LogP contribution in [0.2, 0.25) is 4.34 Å². The Kier molecular flexibility index (Phi) is 10.1. The third-order valence-electron chi connectivity index (χ3n) is 4.20. The quantitative estimate of drug-likeness (QED) is 0.121. The number of hydrogen-bond donors (Lipinski definition) is 5. The van der Waals surface area contributed by atoms with Gasteiger partial charge in [-0.2, -0.15) is 18.2 Å². The first-order chi connectivity index (χ1) is 15.7. The van der Waals surface area contributed by atoms with Crippen molar-refractivity contribution in [1.82, 2.24) is 20.3 Å². The van der Waals surface area contributed by atoms with Gasteiger partial charge in [0.05, 0.1) is 11.7 Å². The molecule has 6 N–H and O–H groups in total. The van der Waals surface area contributed by atoms with E-state index in [1.165, 1.54) is 0 Å². The lowest BCUT2D eigenvalue weighted by molar-refractivity contribution is -0.138. The van der Waals surface area contributed by atoms with E-state index < -0.39 is 45.9 Å². The van der Waals surface area contributed by atoms with Gasteiger partial charge in [0, 0.05) is 6.07 Å². The lowest BCUT2D eigenvalue weighted by Crippen LogP contribution is -2.75. The van der Waals surface area contributed by atoms with Crippen LogP contribution in [-0.4, -0.2) is 61.8 Å². The summed E-state index contributed by atoms with van der Waals surface area (Å²) in [6, 6.07) is 0.115. The van der Waals surface area contributed by atoms with Crippen molar-refractivity contribution in [2.45, 2.75) is 32.0 Å². The lowest BCUT2D eigenvalue weighted by Gasteiger charge is -2.44. The number of carbonyl (C=O) groups is 2. The fraction of sp³-hybridized carbons (Fsp3) is 0.312. The van der Waals surface area contributed by atoms with Crippen LogP contribution in [-0.2, 0) is 31.6 Å². The molecular formula is C16H19ClN6O9S3. The molecule has 1 saturated heterocycles. The summed E-state index contributed by atoms with van der Waals surface area (Å²) >= 11 is 6.99. The number of nitrogens with one attached hydrogen (secondary N) is 2. The number of hydrogen-bond acceptors (Lipinski definition) is 13. The number of nitrogen functional groups attached to an aromatic ring is 1. The maximum absolute atomic E-state index is 12.8. The van der Waals surface area contributed by atoms with Crippen LogP contribution in [0.1, 0.15) is 25.2 Å². The highest BCUT2D eigenvalue weighted by Gasteiger charge is 2.47. The molecule has 0 spiro atoms. The molecule has 2 aromatic rings. The predicted molar refractivity (Wildman–Crippen MR) is 127 cm³/mol. The normalized spacial score (nSPS) is 15.9. The van der Waals surface area contributed by atoms with Gasteiger partial charge < -0.3 is 31.5 Å². The predicted octanol–water partition coefficient (Wildman–Crippen LogP) is -1.09. The summed E-state index contributed by atoms with van der Waals surface area (Å²) in [4.78, 5) is 45.1. The standard InChI is InChI=1S/C16H17ClN6O6S.O3S.H2S/c1-16(2)11(14(27)21-16)20-13(26)10(9-12(17)30-15(18)19-9)22-29-5-6-3-7(24)8(25)4-23(6)28;1-4(2)3;/h3-4,11,25,28H,5H2,1-2H3,(H2,18,19)(H,20,26)(H,21,27);;1H2/b22-10-;;/t11-;;/m1../s1. The molecule has 19 heteroatoms. The number of thiazole rings is 1. The van der Waals surface area contributed by atoms with Gasteiger partial charge in [-0.15, -0.1) is 12.6 Å². The molecule has 1 fully saturated rings. The third-order valence-corrected chi connectivity index (χ3v) is 5.29. The van der Waals surface area contributed by atoms with Crippen LogP contribution in [0.4, 0.5) is 5.13 Å². The number of oxime groups is 1. The lowest BCUT2D eigenvalue weighted by atomic mass is 9.85. The van der Waals surface area contributed by atoms with Crippen molar-refractivity contribution in [1.29, 1.82) is 0 Å². The van der Waals surface area contributed by atoms with Gasteiger partial charge in [0.25, 0.3) is 5.91 Å². The van der Waals surface area contributed by atoms with Crippen molar-refractivity contribution < 1.29 is 37.4 Å². The Balaban J connectivity index is 0.00000114. The molecule has 0 aromatic carbocycles. The summed E-state index contributed by atoms with van der Waals surface area (Å²) in [5.41, 5.74) is 3.76. The zero-order chi connectivity index (χ0) is 25.8. The number of aromatic hydroxyl groups is 1. The van der Waals surface area contributed by atoms with Crippen LogP contribution >= 0.6 is 36.4 Å². The molecule has 15 nitrogen and oxygen atoms in total. The van der Waals surface area contributed by atoms with Crippen LogP contribution in [0.5, 0.6) is 5.75 Å². The van der Waals surface area contributed by atoms with Crippen molar-refractivity contribution in [3.63, 3.8) is 0 Å². The fourth-order valence-corrected chi connectivity index (χ4v) is 3.57. The van der Waals surface area contributed by atoms with Crippen molar-refractivity contribution in [2.24, 2.45) is 5.16 Å². The zero-order valence-corrected chi connectivity index (χ0v) is 21.2. The number of nitrogens with zero attached hydrogens (tertiary/aromatic N) is 3. The van der Waals surface area contributed by atoms with Gasteiger partial charge in [-0.3, -0.25) is 14.4 Å². The maximum Gasteiger partial charge on any atom is 0.425 e. The summed E-state index contributed by atoms with van der Waals surface area (Å²) in [6.07, 6.45) is 0.785. The second kappa shape index (κ2) is 11.9. The highest BCUT2D eigenvalue weighted by atomic mass is 35.5. The van der Waals surface area contributed by atoms with E-state index in [2.05, 4.69) is 20.8 Å². The summed E-state index contributed by atoms with van der Waals surface area (Å²) in [7, 11) is -3.11. The van der Waals surface area contributed by atoms with E-state index >= 15 is 0 Å².